The van der Waals surface area contributed by atoms with E-state index >= 15 is 0 Å². The molecule has 0 spiro atoms. The Bertz CT molecular complexity index is 373. The van der Waals surface area contributed by atoms with Crippen LogP contribution < -0.4 is 0 Å². The van der Waals surface area contributed by atoms with Crippen LogP contribution in [0.3, 0.4) is 0 Å². The van der Waals surface area contributed by atoms with Crippen LogP contribution in [-0.2, 0) is 9.53 Å². The smallest absolute Gasteiger partial charge is 0.318 e. The summed E-state index contributed by atoms with van der Waals surface area (Å²) in [5, 5.41) is 0.268. The molecule has 15 heavy (non-hydrogen) atoms. The van der Waals surface area contributed by atoms with Crippen LogP contribution in [0.1, 0.15) is 6.92 Å². The largest absolute Gasteiger partial charge is 0.468 e. The van der Waals surface area contributed by atoms with Crippen LogP contribution in [-0.4, -0.2) is 23.3 Å². The lowest BCUT2D eigenvalue weighted by atomic mass is 10.5. The number of halogens is 2. The number of thioether (sulfide) groups is 1. The number of aromatic nitrogens is 1. The molecule has 1 heterocycles. The van der Waals surface area contributed by atoms with E-state index in [1.807, 2.05) is 0 Å². The van der Waals surface area contributed by atoms with E-state index in [2.05, 4.69) is 9.72 Å². The van der Waals surface area contributed by atoms with Crippen molar-refractivity contribution in [1.29, 1.82) is 0 Å². The first kappa shape index (κ1) is 12.6. The van der Waals surface area contributed by atoms with E-state index in [1.54, 1.807) is 19.2 Å². The quantitative estimate of drug-likeness (QED) is 0.479. The highest BCUT2D eigenvalue weighted by molar-refractivity contribution is 8.00. The van der Waals surface area contributed by atoms with Gasteiger partial charge in [0.2, 0.25) is 0 Å². The molecule has 0 saturated carbocycles. The summed E-state index contributed by atoms with van der Waals surface area (Å²) in [6, 6.07) is 1.71. The van der Waals surface area contributed by atoms with Crippen LogP contribution in [0.5, 0.6) is 0 Å². The fourth-order valence-electron chi connectivity index (χ4n) is 0.897. The Morgan fingerprint density at radius 2 is 2.27 bits per heavy atom. The number of esters is 1. The van der Waals surface area contributed by atoms with Gasteiger partial charge in [0.1, 0.15) is 10.4 Å². The summed E-state index contributed by atoms with van der Waals surface area (Å²) in [4.78, 5) is 15.7. The predicted octanol–water partition coefficient (Wildman–Crippen LogP) is 3.04. The Labute approximate surface area is 102 Å². The minimum absolute atomic E-state index is 0.235. The standard InChI is InChI=1S/C9H9Cl2NO2S/c1-5(9(13)14-2)15-6-3-4-12-8(11)7(6)10/h3-5H,1-2H3. The highest BCUT2D eigenvalue weighted by Crippen LogP contribution is 2.33. The van der Waals surface area contributed by atoms with Crippen LogP contribution in [0, 0.1) is 0 Å². The normalized spacial score (nSPS) is 12.3. The second kappa shape index (κ2) is 5.58. The van der Waals surface area contributed by atoms with Crippen LogP contribution in [0.25, 0.3) is 0 Å². The van der Waals surface area contributed by atoms with Crippen molar-refractivity contribution in [3.05, 3.63) is 22.4 Å². The first-order chi connectivity index (χ1) is 7.06. The molecular formula is C9H9Cl2NO2S. The lowest BCUT2D eigenvalue weighted by molar-refractivity contribution is -0.139. The van der Waals surface area contributed by atoms with Crippen LogP contribution in [0.2, 0.25) is 10.2 Å². The molecule has 1 aromatic rings. The van der Waals surface area contributed by atoms with Gasteiger partial charge in [0.05, 0.1) is 12.1 Å². The minimum Gasteiger partial charge on any atom is -0.468 e. The number of pyridine rings is 1. The molecule has 0 aliphatic heterocycles. The van der Waals surface area contributed by atoms with Crippen LogP contribution >= 0.6 is 35.0 Å². The third kappa shape index (κ3) is 3.26. The van der Waals surface area contributed by atoms with Gasteiger partial charge in [-0.05, 0) is 13.0 Å². The molecule has 0 radical (unpaired) electrons. The van der Waals surface area contributed by atoms with Gasteiger partial charge in [-0.1, -0.05) is 23.2 Å². The number of ether oxygens (including phenoxy) is 1. The van der Waals surface area contributed by atoms with Crippen molar-refractivity contribution in [3.8, 4) is 0 Å². The van der Waals surface area contributed by atoms with Gasteiger partial charge < -0.3 is 4.74 Å². The Morgan fingerprint density at radius 3 is 2.87 bits per heavy atom. The Balaban J connectivity index is 2.81. The van der Waals surface area contributed by atoms with Gasteiger partial charge in [-0.25, -0.2) is 4.98 Å². The van der Waals surface area contributed by atoms with E-state index in [-0.39, 0.29) is 16.4 Å². The minimum atomic E-state index is -0.328. The van der Waals surface area contributed by atoms with E-state index in [0.717, 1.165) is 4.90 Å². The van der Waals surface area contributed by atoms with Crippen molar-refractivity contribution in [2.45, 2.75) is 17.1 Å². The lowest BCUT2D eigenvalue weighted by Crippen LogP contribution is -2.14. The fraction of sp³-hybridized carbons (Fsp3) is 0.333. The van der Waals surface area contributed by atoms with E-state index in [1.165, 1.54) is 18.9 Å². The maximum Gasteiger partial charge on any atom is 0.318 e. The molecule has 1 aromatic heterocycles. The molecule has 0 saturated heterocycles. The number of nitrogens with zero attached hydrogens (tertiary/aromatic N) is 1. The summed E-state index contributed by atoms with van der Waals surface area (Å²) < 4.78 is 4.60. The maximum atomic E-state index is 11.2. The Hall–Kier alpha value is -0.450. The molecule has 0 aliphatic carbocycles. The zero-order valence-electron chi connectivity index (χ0n) is 8.16. The van der Waals surface area contributed by atoms with Gasteiger partial charge in [0, 0.05) is 11.1 Å². The molecule has 1 rings (SSSR count). The number of rotatable bonds is 3. The Kier molecular flexibility index (Phi) is 4.70. The molecule has 0 bridgehead atoms. The van der Waals surface area contributed by atoms with Crippen molar-refractivity contribution in [3.63, 3.8) is 0 Å². The molecule has 1 unspecified atom stereocenters. The molecular weight excluding hydrogens is 257 g/mol. The van der Waals surface area contributed by atoms with Gasteiger partial charge in [0.15, 0.2) is 0 Å². The van der Waals surface area contributed by atoms with Crippen molar-refractivity contribution < 1.29 is 9.53 Å². The SMILES string of the molecule is COC(=O)C(C)Sc1ccnc(Cl)c1Cl. The van der Waals surface area contributed by atoms with Gasteiger partial charge in [-0.15, -0.1) is 11.8 Å². The summed E-state index contributed by atoms with van der Waals surface area (Å²) in [6.45, 7) is 1.74. The maximum absolute atomic E-state index is 11.2. The second-order valence-electron chi connectivity index (χ2n) is 2.70. The average Bonchev–Trinajstić information content (AvgIpc) is 2.23. The zero-order chi connectivity index (χ0) is 11.4. The van der Waals surface area contributed by atoms with Gasteiger partial charge >= 0.3 is 5.97 Å². The average molecular weight is 266 g/mol. The first-order valence-corrected chi connectivity index (χ1v) is 5.74. The number of carbonyl (C=O) groups is 1. The molecule has 3 nitrogen and oxygen atoms in total. The fourth-order valence-corrected chi connectivity index (χ4v) is 2.27. The van der Waals surface area contributed by atoms with E-state index in [4.69, 9.17) is 23.2 Å². The number of hydrogen-bond acceptors (Lipinski definition) is 4. The van der Waals surface area contributed by atoms with Gasteiger partial charge in [0.25, 0.3) is 0 Å². The van der Waals surface area contributed by atoms with Crippen molar-refractivity contribution in [2.75, 3.05) is 7.11 Å². The highest BCUT2D eigenvalue weighted by Gasteiger charge is 2.17. The number of carbonyl (C=O) groups excluding carboxylic acids is 1. The first-order valence-electron chi connectivity index (χ1n) is 4.10. The van der Waals surface area contributed by atoms with Crippen molar-refractivity contribution in [2.24, 2.45) is 0 Å². The third-order valence-corrected chi connectivity index (χ3v) is 3.67. The predicted molar refractivity (Wildman–Crippen MR) is 61.6 cm³/mol. The topological polar surface area (TPSA) is 39.2 Å². The van der Waals surface area contributed by atoms with E-state index in [9.17, 15) is 4.79 Å². The van der Waals surface area contributed by atoms with Crippen molar-refractivity contribution in [1.82, 2.24) is 4.98 Å². The van der Waals surface area contributed by atoms with Crippen LogP contribution in [0.15, 0.2) is 17.2 Å². The molecule has 1 atom stereocenters. The van der Waals surface area contributed by atoms with Gasteiger partial charge in [-0.2, -0.15) is 0 Å². The number of hydrogen-bond donors (Lipinski definition) is 0. The summed E-state index contributed by atoms with van der Waals surface area (Å²) in [7, 11) is 1.35. The van der Waals surface area contributed by atoms with E-state index < -0.39 is 0 Å². The summed E-state index contributed by atoms with van der Waals surface area (Å²) in [5.74, 6) is -0.302. The van der Waals surface area contributed by atoms with Crippen LogP contribution in [0.4, 0.5) is 0 Å². The molecule has 0 amide bonds. The third-order valence-electron chi connectivity index (χ3n) is 1.65. The molecule has 0 fully saturated rings. The van der Waals surface area contributed by atoms with Crippen molar-refractivity contribution >= 4 is 40.9 Å². The number of methoxy groups -OCH3 is 1. The molecule has 6 heteroatoms. The monoisotopic (exact) mass is 265 g/mol. The van der Waals surface area contributed by atoms with E-state index in [0.29, 0.717) is 5.02 Å². The zero-order valence-corrected chi connectivity index (χ0v) is 10.5. The summed E-state index contributed by atoms with van der Waals surface area (Å²) in [5.41, 5.74) is 0. The molecule has 0 N–H and O–H groups in total. The second-order valence-corrected chi connectivity index (χ2v) is 4.82. The molecule has 0 aromatic carbocycles. The Morgan fingerprint density at radius 1 is 1.60 bits per heavy atom. The van der Waals surface area contributed by atoms with Gasteiger partial charge in [-0.3, -0.25) is 4.79 Å². The summed E-state index contributed by atoms with van der Waals surface area (Å²) >= 11 is 12.9. The highest BCUT2D eigenvalue weighted by atomic mass is 35.5. The lowest BCUT2D eigenvalue weighted by Gasteiger charge is -2.09. The summed E-state index contributed by atoms with van der Waals surface area (Å²) in [6.07, 6.45) is 1.54. The molecule has 82 valence electrons. The molecule has 0 aliphatic rings.